The van der Waals surface area contributed by atoms with Crippen LogP contribution >= 0.6 is 11.8 Å². The number of nitrogens with one attached hydrogen (secondary N) is 1. The third kappa shape index (κ3) is 3.69. The molecule has 0 spiro atoms. The minimum atomic E-state index is -0.468. The second-order valence-electron chi connectivity index (χ2n) is 4.72. The summed E-state index contributed by atoms with van der Waals surface area (Å²) in [6.07, 6.45) is 1.23. The molecule has 1 aromatic heterocycles. The van der Waals surface area contributed by atoms with E-state index in [1.54, 1.807) is 7.05 Å². The van der Waals surface area contributed by atoms with Crippen molar-refractivity contribution in [2.45, 2.75) is 29.7 Å². The Bertz CT molecular complexity index is 644. The first-order valence-corrected chi connectivity index (χ1v) is 7.30. The van der Waals surface area contributed by atoms with Crippen molar-refractivity contribution in [3.8, 4) is 0 Å². The van der Waals surface area contributed by atoms with Gasteiger partial charge in [-0.05, 0) is 23.6 Å². The van der Waals surface area contributed by atoms with Crippen LogP contribution in [-0.2, 0) is 0 Å². The molecule has 7 heteroatoms. The van der Waals surface area contributed by atoms with Gasteiger partial charge in [0.05, 0.1) is 4.92 Å². The Balaban J connectivity index is 2.31. The Morgan fingerprint density at radius 1 is 1.29 bits per heavy atom. The van der Waals surface area contributed by atoms with Crippen LogP contribution < -0.4 is 5.32 Å². The van der Waals surface area contributed by atoms with Gasteiger partial charge in [-0.25, -0.2) is 4.98 Å². The standard InChI is InChI=1S/C14H16N4O2S/c1-9(2)10-4-6-11(7-5-10)21-13-12(18(19)20)8-16-14(15-3)17-13/h4-9H,1-3H3,(H,15,16,17). The molecular weight excluding hydrogens is 288 g/mol. The van der Waals surface area contributed by atoms with Gasteiger partial charge in [0.25, 0.3) is 0 Å². The average Bonchev–Trinajstić information content (AvgIpc) is 2.47. The van der Waals surface area contributed by atoms with Crippen LogP contribution in [0.1, 0.15) is 25.3 Å². The van der Waals surface area contributed by atoms with Gasteiger partial charge in [-0.3, -0.25) is 10.1 Å². The Labute approximate surface area is 127 Å². The molecule has 110 valence electrons. The van der Waals surface area contributed by atoms with E-state index in [0.717, 1.165) is 4.90 Å². The van der Waals surface area contributed by atoms with E-state index in [-0.39, 0.29) is 5.69 Å². The molecule has 0 bridgehead atoms. The van der Waals surface area contributed by atoms with Gasteiger partial charge in [-0.2, -0.15) is 4.98 Å². The highest BCUT2D eigenvalue weighted by atomic mass is 32.2. The van der Waals surface area contributed by atoms with E-state index < -0.39 is 4.92 Å². The second-order valence-corrected chi connectivity index (χ2v) is 5.78. The molecule has 0 radical (unpaired) electrons. The minimum Gasteiger partial charge on any atom is -0.357 e. The fourth-order valence-electron chi connectivity index (χ4n) is 1.71. The molecule has 2 rings (SSSR count). The lowest BCUT2D eigenvalue weighted by atomic mass is 10.0. The molecular formula is C14H16N4O2S. The first-order valence-electron chi connectivity index (χ1n) is 6.48. The molecule has 6 nitrogen and oxygen atoms in total. The fourth-order valence-corrected chi connectivity index (χ4v) is 2.57. The van der Waals surface area contributed by atoms with Gasteiger partial charge in [0.2, 0.25) is 5.95 Å². The molecule has 0 unspecified atom stereocenters. The van der Waals surface area contributed by atoms with E-state index in [2.05, 4.69) is 29.1 Å². The van der Waals surface area contributed by atoms with Crippen molar-refractivity contribution in [1.82, 2.24) is 9.97 Å². The largest absolute Gasteiger partial charge is 0.357 e. The van der Waals surface area contributed by atoms with Crippen molar-refractivity contribution < 1.29 is 4.92 Å². The van der Waals surface area contributed by atoms with Crippen LogP contribution in [0.2, 0.25) is 0 Å². The summed E-state index contributed by atoms with van der Waals surface area (Å²) in [5.74, 6) is 0.815. The molecule has 0 aliphatic rings. The smallest absolute Gasteiger partial charge is 0.320 e. The monoisotopic (exact) mass is 304 g/mol. The third-order valence-electron chi connectivity index (χ3n) is 2.92. The highest BCUT2D eigenvalue weighted by molar-refractivity contribution is 7.99. The zero-order valence-electron chi connectivity index (χ0n) is 12.0. The number of benzene rings is 1. The number of nitro groups is 1. The number of nitrogens with zero attached hydrogens (tertiary/aromatic N) is 3. The van der Waals surface area contributed by atoms with Gasteiger partial charge in [-0.15, -0.1) is 0 Å². The van der Waals surface area contributed by atoms with Gasteiger partial charge in [0.15, 0.2) is 5.03 Å². The predicted octanol–water partition coefficient (Wildman–Crippen LogP) is 3.70. The molecule has 0 aliphatic carbocycles. The Hall–Kier alpha value is -2.15. The molecule has 0 fully saturated rings. The summed E-state index contributed by atoms with van der Waals surface area (Å²) in [6.45, 7) is 4.24. The zero-order valence-corrected chi connectivity index (χ0v) is 12.8. The van der Waals surface area contributed by atoms with Gasteiger partial charge in [-0.1, -0.05) is 37.7 Å². The van der Waals surface area contributed by atoms with Crippen molar-refractivity contribution in [2.75, 3.05) is 12.4 Å². The maximum atomic E-state index is 11.0. The lowest BCUT2D eigenvalue weighted by Crippen LogP contribution is -2.00. The summed E-state index contributed by atoms with van der Waals surface area (Å²) in [4.78, 5) is 19.5. The number of anilines is 1. The summed E-state index contributed by atoms with van der Waals surface area (Å²) in [7, 11) is 1.67. The van der Waals surface area contributed by atoms with Crippen LogP contribution in [0.3, 0.4) is 0 Å². The molecule has 1 N–H and O–H groups in total. The summed E-state index contributed by atoms with van der Waals surface area (Å²) in [6, 6.07) is 7.95. The Morgan fingerprint density at radius 2 is 1.95 bits per heavy atom. The minimum absolute atomic E-state index is 0.0908. The number of hydrogen-bond acceptors (Lipinski definition) is 6. The van der Waals surface area contributed by atoms with E-state index in [0.29, 0.717) is 16.9 Å². The Morgan fingerprint density at radius 3 is 2.48 bits per heavy atom. The van der Waals surface area contributed by atoms with E-state index in [1.165, 1.54) is 23.5 Å². The van der Waals surface area contributed by atoms with E-state index >= 15 is 0 Å². The number of aromatic nitrogens is 2. The summed E-state index contributed by atoms with van der Waals surface area (Å²) in [5.41, 5.74) is 1.14. The average molecular weight is 304 g/mol. The molecule has 1 heterocycles. The van der Waals surface area contributed by atoms with Gasteiger partial charge >= 0.3 is 5.69 Å². The van der Waals surface area contributed by atoms with E-state index in [9.17, 15) is 10.1 Å². The van der Waals surface area contributed by atoms with Gasteiger partial charge in [0.1, 0.15) is 6.20 Å². The summed E-state index contributed by atoms with van der Waals surface area (Å²) < 4.78 is 0. The molecule has 0 saturated carbocycles. The predicted molar refractivity (Wildman–Crippen MR) is 82.9 cm³/mol. The van der Waals surface area contributed by atoms with Crippen molar-refractivity contribution in [2.24, 2.45) is 0 Å². The normalized spacial score (nSPS) is 10.7. The zero-order chi connectivity index (χ0) is 15.4. The van der Waals surface area contributed by atoms with Gasteiger partial charge < -0.3 is 5.32 Å². The maximum absolute atomic E-state index is 11.0. The molecule has 0 amide bonds. The number of rotatable bonds is 5. The van der Waals surface area contributed by atoms with Crippen molar-refractivity contribution in [3.05, 3.63) is 46.1 Å². The molecule has 0 atom stereocenters. The molecule has 0 saturated heterocycles. The Kier molecular flexibility index (Phi) is 4.74. The lowest BCUT2D eigenvalue weighted by Gasteiger charge is -2.07. The first kappa shape index (κ1) is 15.2. The molecule has 2 aromatic rings. The summed E-state index contributed by atoms with van der Waals surface area (Å²) in [5, 5.41) is 14.2. The van der Waals surface area contributed by atoms with Crippen LogP contribution in [0, 0.1) is 10.1 Å². The number of hydrogen-bond donors (Lipinski definition) is 1. The van der Waals surface area contributed by atoms with Crippen LogP contribution in [0.15, 0.2) is 40.4 Å². The first-order chi connectivity index (χ1) is 10.0. The van der Waals surface area contributed by atoms with Gasteiger partial charge in [0, 0.05) is 11.9 Å². The van der Waals surface area contributed by atoms with Crippen molar-refractivity contribution >= 4 is 23.4 Å². The third-order valence-corrected chi connectivity index (χ3v) is 3.92. The van der Waals surface area contributed by atoms with Crippen LogP contribution in [-0.4, -0.2) is 21.9 Å². The van der Waals surface area contributed by atoms with E-state index in [1.807, 2.05) is 24.3 Å². The van der Waals surface area contributed by atoms with Crippen molar-refractivity contribution in [3.63, 3.8) is 0 Å². The van der Waals surface area contributed by atoms with Crippen LogP contribution in [0.5, 0.6) is 0 Å². The van der Waals surface area contributed by atoms with Crippen molar-refractivity contribution in [1.29, 1.82) is 0 Å². The molecule has 1 aromatic carbocycles. The highest BCUT2D eigenvalue weighted by Crippen LogP contribution is 2.33. The lowest BCUT2D eigenvalue weighted by molar-refractivity contribution is -0.388. The SMILES string of the molecule is CNc1ncc([N+](=O)[O-])c(Sc2ccc(C(C)C)cc2)n1. The quantitative estimate of drug-likeness (QED) is 0.515. The van der Waals surface area contributed by atoms with Crippen LogP contribution in [0.25, 0.3) is 0 Å². The second kappa shape index (κ2) is 6.53. The maximum Gasteiger partial charge on any atom is 0.320 e. The topological polar surface area (TPSA) is 81.0 Å². The summed E-state index contributed by atoms with van der Waals surface area (Å²) >= 11 is 1.26. The van der Waals surface area contributed by atoms with Crippen LogP contribution in [0.4, 0.5) is 11.6 Å². The fraction of sp³-hybridized carbons (Fsp3) is 0.286. The molecule has 21 heavy (non-hydrogen) atoms. The molecule has 0 aliphatic heterocycles. The van der Waals surface area contributed by atoms with E-state index in [4.69, 9.17) is 0 Å². The highest BCUT2D eigenvalue weighted by Gasteiger charge is 2.18.